The Bertz CT molecular complexity index is 224. The number of amides is 2. The quantitative estimate of drug-likeness (QED) is 0.594. The van der Waals surface area contributed by atoms with Gasteiger partial charge in [0.05, 0.1) is 13.1 Å². The van der Waals surface area contributed by atoms with E-state index in [2.05, 4.69) is 0 Å². The first-order valence-electron chi connectivity index (χ1n) is 4.87. The first-order valence-corrected chi connectivity index (χ1v) is 4.87. The van der Waals surface area contributed by atoms with Gasteiger partial charge >= 0.3 is 0 Å². The van der Waals surface area contributed by atoms with Crippen LogP contribution in [0.4, 0.5) is 0 Å². The predicted molar refractivity (Wildman–Crippen MR) is 52.5 cm³/mol. The van der Waals surface area contributed by atoms with E-state index in [1.54, 1.807) is 6.92 Å². The van der Waals surface area contributed by atoms with Crippen LogP contribution in [0.25, 0.3) is 0 Å². The van der Waals surface area contributed by atoms with Gasteiger partial charge in [0.15, 0.2) is 0 Å². The first-order chi connectivity index (χ1) is 6.60. The van der Waals surface area contributed by atoms with Gasteiger partial charge < -0.3 is 5.73 Å². The molecule has 1 aliphatic rings. The topological polar surface area (TPSA) is 66.6 Å². The van der Waals surface area contributed by atoms with Gasteiger partial charge in [-0.3, -0.25) is 19.4 Å². The van der Waals surface area contributed by atoms with Crippen molar-refractivity contribution in [1.82, 2.24) is 9.80 Å². The number of likely N-dealkylation sites (N-methyl/N-ethyl adjacent to an activating group) is 1. The summed E-state index contributed by atoms with van der Waals surface area (Å²) in [5.74, 6) is -0.276. The highest BCUT2D eigenvalue weighted by Gasteiger charge is 2.32. The summed E-state index contributed by atoms with van der Waals surface area (Å²) in [7, 11) is 0. The summed E-state index contributed by atoms with van der Waals surface area (Å²) in [6.07, 6.45) is 0. The summed E-state index contributed by atoms with van der Waals surface area (Å²) in [5.41, 5.74) is 5.43. The summed E-state index contributed by atoms with van der Waals surface area (Å²) in [6.45, 7) is 5.42. The fraction of sp³-hybridized carbons (Fsp3) is 0.778. The van der Waals surface area contributed by atoms with Crippen LogP contribution in [-0.4, -0.2) is 53.8 Å². The van der Waals surface area contributed by atoms with Gasteiger partial charge in [-0.2, -0.15) is 0 Å². The molecule has 0 spiro atoms. The van der Waals surface area contributed by atoms with Gasteiger partial charge in [0.2, 0.25) is 11.8 Å². The fourth-order valence-corrected chi connectivity index (χ4v) is 1.55. The molecule has 2 N–H and O–H groups in total. The zero-order valence-electron chi connectivity index (χ0n) is 8.69. The number of piperazine rings is 1. The minimum absolute atomic E-state index is 0.138. The number of carbonyl (C=O) groups is 2. The van der Waals surface area contributed by atoms with Crippen molar-refractivity contribution in [2.45, 2.75) is 19.9 Å². The zero-order valence-corrected chi connectivity index (χ0v) is 8.69. The fourth-order valence-electron chi connectivity index (χ4n) is 1.55. The third kappa shape index (κ3) is 2.10. The number of imide groups is 1. The van der Waals surface area contributed by atoms with Crippen molar-refractivity contribution in [3.8, 4) is 0 Å². The maximum Gasteiger partial charge on any atom is 0.243 e. The van der Waals surface area contributed by atoms with E-state index in [4.69, 9.17) is 5.73 Å². The lowest BCUT2D eigenvalue weighted by Gasteiger charge is -2.35. The number of rotatable bonds is 3. The molecule has 1 atom stereocenters. The van der Waals surface area contributed by atoms with Crippen LogP contribution in [0.3, 0.4) is 0 Å². The maximum atomic E-state index is 11.6. The van der Waals surface area contributed by atoms with Gasteiger partial charge in [-0.15, -0.1) is 0 Å². The molecule has 1 aliphatic heterocycles. The summed E-state index contributed by atoms with van der Waals surface area (Å²) in [5, 5.41) is 0. The van der Waals surface area contributed by atoms with Crippen molar-refractivity contribution in [2.24, 2.45) is 5.73 Å². The van der Waals surface area contributed by atoms with Crippen LogP contribution in [0.1, 0.15) is 13.8 Å². The molecule has 0 aromatic heterocycles. The lowest BCUT2D eigenvalue weighted by atomic mass is 10.2. The molecule has 80 valence electrons. The average Bonchev–Trinajstić information content (AvgIpc) is 2.16. The molecule has 1 fully saturated rings. The highest BCUT2D eigenvalue weighted by molar-refractivity contribution is 5.99. The molecule has 2 amide bonds. The van der Waals surface area contributed by atoms with Crippen LogP contribution < -0.4 is 5.73 Å². The van der Waals surface area contributed by atoms with E-state index in [1.165, 1.54) is 4.90 Å². The largest absolute Gasteiger partial charge is 0.328 e. The smallest absolute Gasteiger partial charge is 0.243 e. The SMILES string of the molecule is CCN1CC(=O)N(C(C)CN)C(=O)C1. The molecular formula is C9H17N3O2. The van der Waals surface area contributed by atoms with Crippen LogP contribution in [0.15, 0.2) is 0 Å². The van der Waals surface area contributed by atoms with Crippen LogP contribution >= 0.6 is 0 Å². The first kappa shape index (κ1) is 11.1. The van der Waals surface area contributed by atoms with Crippen molar-refractivity contribution < 1.29 is 9.59 Å². The van der Waals surface area contributed by atoms with E-state index >= 15 is 0 Å². The van der Waals surface area contributed by atoms with Crippen LogP contribution in [0, 0.1) is 0 Å². The van der Waals surface area contributed by atoms with Gasteiger partial charge in [0, 0.05) is 12.6 Å². The molecule has 0 aliphatic carbocycles. The standard InChI is InChI=1S/C9H17N3O2/c1-3-11-5-8(13)12(7(2)4-10)9(14)6-11/h7H,3-6,10H2,1-2H3. The summed E-state index contributed by atoms with van der Waals surface area (Å²) >= 11 is 0. The molecule has 5 heteroatoms. The second-order valence-electron chi connectivity index (χ2n) is 3.55. The number of nitrogens with zero attached hydrogens (tertiary/aromatic N) is 2. The highest BCUT2D eigenvalue weighted by atomic mass is 16.2. The number of nitrogens with two attached hydrogens (primary N) is 1. The highest BCUT2D eigenvalue weighted by Crippen LogP contribution is 2.08. The lowest BCUT2D eigenvalue weighted by Crippen LogP contribution is -2.58. The van der Waals surface area contributed by atoms with Crippen LogP contribution in [-0.2, 0) is 9.59 Å². The van der Waals surface area contributed by atoms with E-state index in [0.717, 1.165) is 6.54 Å². The molecule has 0 bridgehead atoms. The van der Waals surface area contributed by atoms with Crippen LogP contribution in [0.2, 0.25) is 0 Å². The number of hydrogen-bond acceptors (Lipinski definition) is 4. The van der Waals surface area contributed by atoms with E-state index in [1.807, 2.05) is 11.8 Å². The molecule has 1 heterocycles. The molecule has 5 nitrogen and oxygen atoms in total. The van der Waals surface area contributed by atoms with Crippen molar-refractivity contribution in [3.63, 3.8) is 0 Å². The Morgan fingerprint density at radius 3 is 2.21 bits per heavy atom. The van der Waals surface area contributed by atoms with Crippen molar-refractivity contribution in [2.75, 3.05) is 26.2 Å². The maximum absolute atomic E-state index is 11.6. The average molecular weight is 199 g/mol. The summed E-state index contributed by atoms with van der Waals surface area (Å²) in [4.78, 5) is 26.3. The Kier molecular flexibility index (Phi) is 3.60. The second-order valence-corrected chi connectivity index (χ2v) is 3.55. The van der Waals surface area contributed by atoms with Crippen molar-refractivity contribution in [3.05, 3.63) is 0 Å². The minimum atomic E-state index is -0.186. The normalized spacial score (nSPS) is 21.5. The van der Waals surface area contributed by atoms with Gasteiger partial charge in [-0.1, -0.05) is 6.92 Å². The Labute approximate surface area is 83.8 Å². The lowest BCUT2D eigenvalue weighted by molar-refractivity contribution is -0.153. The molecule has 0 aromatic carbocycles. The number of hydrogen-bond donors (Lipinski definition) is 1. The number of carbonyl (C=O) groups excluding carboxylic acids is 2. The van der Waals surface area contributed by atoms with E-state index in [-0.39, 0.29) is 17.9 Å². The molecule has 0 radical (unpaired) electrons. The zero-order chi connectivity index (χ0) is 10.7. The van der Waals surface area contributed by atoms with Gasteiger partial charge in [-0.25, -0.2) is 0 Å². The predicted octanol–water partition coefficient (Wildman–Crippen LogP) is -0.976. The van der Waals surface area contributed by atoms with E-state index in [9.17, 15) is 9.59 Å². The van der Waals surface area contributed by atoms with E-state index in [0.29, 0.717) is 19.6 Å². The Balaban J connectivity index is 2.70. The Morgan fingerprint density at radius 2 is 1.86 bits per heavy atom. The van der Waals surface area contributed by atoms with Gasteiger partial charge in [-0.05, 0) is 13.5 Å². The molecule has 14 heavy (non-hydrogen) atoms. The molecular weight excluding hydrogens is 182 g/mol. The van der Waals surface area contributed by atoms with Gasteiger partial charge in [0.1, 0.15) is 0 Å². The van der Waals surface area contributed by atoms with Gasteiger partial charge in [0.25, 0.3) is 0 Å². The monoisotopic (exact) mass is 199 g/mol. The second kappa shape index (κ2) is 4.52. The molecule has 1 unspecified atom stereocenters. The Hall–Kier alpha value is -0.940. The molecule has 0 saturated carbocycles. The van der Waals surface area contributed by atoms with Crippen LogP contribution in [0.5, 0.6) is 0 Å². The molecule has 1 saturated heterocycles. The minimum Gasteiger partial charge on any atom is -0.328 e. The Morgan fingerprint density at radius 1 is 1.36 bits per heavy atom. The van der Waals surface area contributed by atoms with Crippen molar-refractivity contribution >= 4 is 11.8 Å². The molecule has 1 rings (SSSR count). The van der Waals surface area contributed by atoms with Crippen molar-refractivity contribution in [1.29, 1.82) is 0 Å². The third-order valence-electron chi connectivity index (χ3n) is 2.48. The summed E-state index contributed by atoms with van der Waals surface area (Å²) < 4.78 is 0. The third-order valence-corrected chi connectivity index (χ3v) is 2.48. The van der Waals surface area contributed by atoms with E-state index < -0.39 is 0 Å². The summed E-state index contributed by atoms with van der Waals surface area (Å²) in [6, 6.07) is -0.186. The molecule has 0 aromatic rings.